The van der Waals surface area contributed by atoms with E-state index in [1.807, 2.05) is 13.8 Å². The fourth-order valence-electron chi connectivity index (χ4n) is 2.65. The molecule has 0 aromatic heterocycles. The summed E-state index contributed by atoms with van der Waals surface area (Å²) in [6.45, 7) is 7.43. The third kappa shape index (κ3) is 7.48. The average Bonchev–Trinajstić information content (AvgIpc) is 2.62. The summed E-state index contributed by atoms with van der Waals surface area (Å²) in [6.07, 6.45) is 0.0158. The number of carboxylic acids is 1. The molecule has 0 radical (unpaired) electrons. The molecule has 0 aliphatic heterocycles. The molecule has 156 valence electrons. The number of nitrogens with one attached hydrogen (secondary N) is 2. The van der Waals surface area contributed by atoms with E-state index in [4.69, 9.17) is 11.6 Å². The minimum Gasteiger partial charge on any atom is -0.548 e. The predicted molar refractivity (Wildman–Crippen MR) is 105 cm³/mol. The molecule has 7 nitrogen and oxygen atoms in total. The number of benzene rings is 1. The first-order valence-electron chi connectivity index (χ1n) is 9.39. The Kier molecular flexibility index (Phi) is 9.41. The highest BCUT2D eigenvalue weighted by Gasteiger charge is 2.25. The fourth-order valence-corrected chi connectivity index (χ4v) is 2.78. The van der Waals surface area contributed by atoms with Crippen molar-refractivity contribution in [2.24, 2.45) is 11.8 Å². The maximum Gasteiger partial charge on any atom is 0.278 e. The van der Waals surface area contributed by atoms with E-state index in [2.05, 4.69) is 16.4 Å². The molecular formula is C20H30ClN3O4. The van der Waals surface area contributed by atoms with E-state index in [0.717, 1.165) is 5.56 Å². The van der Waals surface area contributed by atoms with Crippen molar-refractivity contribution < 1.29 is 25.2 Å². The van der Waals surface area contributed by atoms with Gasteiger partial charge in [-0.2, -0.15) is 0 Å². The van der Waals surface area contributed by atoms with Crippen LogP contribution in [-0.2, 0) is 14.4 Å². The second kappa shape index (κ2) is 11.0. The van der Waals surface area contributed by atoms with Crippen LogP contribution in [0.25, 0.3) is 0 Å². The summed E-state index contributed by atoms with van der Waals surface area (Å²) < 4.78 is 0. The molecule has 1 aromatic rings. The van der Waals surface area contributed by atoms with E-state index >= 15 is 0 Å². The zero-order valence-electron chi connectivity index (χ0n) is 16.8. The monoisotopic (exact) mass is 411 g/mol. The molecule has 0 heterocycles. The summed E-state index contributed by atoms with van der Waals surface area (Å²) in [6, 6.07) is 5.52. The van der Waals surface area contributed by atoms with E-state index in [0.29, 0.717) is 5.02 Å². The van der Waals surface area contributed by atoms with Crippen molar-refractivity contribution in [3.05, 3.63) is 34.9 Å². The number of rotatable bonds is 10. The van der Waals surface area contributed by atoms with Crippen molar-refractivity contribution in [3.63, 3.8) is 0 Å². The van der Waals surface area contributed by atoms with E-state index in [9.17, 15) is 19.5 Å². The van der Waals surface area contributed by atoms with Crippen LogP contribution in [0, 0.1) is 11.8 Å². The Hall–Kier alpha value is -2.12. The zero-order chi connectivity index (χ0) is 21.4. The van der Waals surface area contributed by atoms with Crippen LogP contribution in [0.1, 0.15) is 45.6 Å². The van der Waals surface area contributed by atoms with Gasteiger partial charge >= 0.3 is 0 Å². The minimum atomic E-state index is -1.32. The average molecular weight is 412 g/mol. The number of amides is 2. The van der Waals surface area contributed by atoms with Crippen LogP contribution < -0.4 is 21.5 Å². The maximum absolute atomic E-state index is 12.4. The molecule has 0 fully saturated rings. The molecule has 0 aliphatic carbocycles. The van der Waals surface area contributed by atoms with Gasteiger partial charge in [-0.25, -0.2) is 0 Å². The second-order valence-electron chi connectivity index (χ2n) is 7.66. The van der Waals surface area contributed by atoms with Crippen molar-refractivity contribution in [1.82, 2.24) is 10.6 Å². The van der Waals surface area contributed by atoms with Gasteiger partial charge in [0, 0.05) is 29.8 Å². The molecule has 0 unspecified atom stereocenters. The van der Waals surface area contributed by atoms with Crippen molar-refractivity contribution >= 4 is 29.4 Å². The Labute approximate surface area is 171 Å². The first-order chi connectivity index (χ1) is 13.0. The zero-order valence-corrected chi connectivity index (χ0v) is 17.6. The summed E-state index contributed by atoms with van der Waals surface area (Å²) in [5.74, 6) is -2.49. The lowest BCUT2D eigenvalue weighted by Gasteiger charge is -2.25. The molecule has 8 heteroatoms. The molecule has 0 bridgehead atoms. The normalized spacial score (nSPS) is 14.4. The van der Waals surface area contributed by atoms with Gasteiger partial charge in [0.2, 0.25) is 5.91 Å². The topological polar surface area (TPSA) is 126 Å². The minimum absolute atomic E-state index is 0.0158. The molecule has 0 aliphatic rings. The lowest BCUT2D eigenvalue weighted by atomic mass is 9.94. The lowest BCUT2D eigenvalue weighted by molar-refractivity contribution is -0.414. The highest BCUT2D eigenvalue weighted by molar-refractivity contribution is 6.30. The highest BCUT2D eigenvalue weighted by atomic mass is 35.5. The second-order valence-corrected chi connectivity index (χ2v) is 8.09. The molecule has 5 N–H and O–H groups in total. The van der Waals surface area contributed by atoms with Crippen LogP contribution >= 0.6 is 11.6 Å². The molecule has 1 aromatic carbocycles. The number of carbonyl (C=O) groups excluding carboxylic acids is 3. The van der Waals surface area contributed by atoms with Gasteiger partial charge in [0.25, 0.3) is 5.91 Å². The Bertz CT molecular complexity index is 677. The van der Waals surface area contributed by atoms with Crippen molar-refractivity contribution in [1.29, 1.82) is 0 Å². The van der Waals surface area contributed by atoms with Gasteiger partial charge in [-0.1, -0.05) is 51.4 Å². The van der Waals surface area contributed by atoms with E-state index < -0.39 is 24.0 Å². The molecule has 28 heavy (non-hydrogen) atoms. The summed E-state index contributed by atoms with van der Waals surface area (Å²) >= 11 is 5.94. The molecule has 0 saturated carbocycles. The van der Waals surface area contributed by atoms with Crippen LogP contribution in [0.15, 0.2) is 24.3 Å². The van der Waals surface area contributed by atoms with Crippen LogP contribution in [0.5, 0.6) is 0 Å². The predicted octanol–water partition coefficient (Wildman–Crippen LogP) is 0.0871. The maximum atomic E-state index is 12.4. The standard InChI is InChI=1S/C20H30ClN3O4/c1-11(2)17(22)19(26)23-10-14(13-5-7-15(21)8-6-13)9-16(25)24-18(12(3)4)20(27)28/h5-8,11-12,14,17-18H,9-10,22H2,1-4H3,(H,23,26)(H,24,25)(H,27,28)/t14-,17-,18-/m0/s1. The van der Waals surface area contributed by atoms with Crippen LogP contribution in [-0.4, -0.2) is 36.4 Å². The summed E-state index contributed by atoms with van der Waals surface area (Å²) in [5.41, 5.74) is 4.68. The van der Waals surface area contributed by atoms with Gasteiger partial charge in [-0.3, -0.25) is 9.59 Å². The van der Waals surface area contributed by atoms with Gasteiger partial charge in [-0.05, 0) is 23.6 Å². The molecular weight excluding hydrogens is 382 g/mol. The SMILES string of the molecule is CC(C)[C@H]([NH3+])C(=O)NC[C@H](CC(=O)N[C@H](C(=O)[O-])C(C)C)c1ccc(Cl)cc1. The molecule has 3 atom stereocenters. The molecule has 0 saturated heterocycles. The first kappa shape index (κ1) is 23.9. The Morgan fingerprint density at radius 1 is 1.07 bits per heavy atom. The number of carboxylic acid groups (broad SMARTS) is 1. The number of hydrogen-bond donors (Lipinski definition) is 3. The third-order valence-electron chi connectivity index (χ3n) is 4.67. The number of carbonyl (C=O) groups is 3. The van der Waals surface area contributed by atoms with Crippen LogP contribution in [0.2, 0.25) is 5.02 Å². The quantitative estimate of drug-likeness (QED) is 0.504. The van der Waals surface area contributed by atoms with Gasteiger partial charge in [0.1, 0.15) is 0 Å². The van der Waals surface area contributed by atoms with Crippen LogP contribution in [0.3, 0.4) is 0 Å². The summed E-state index contributed by atoms with van der Waals surface area (Å²) in [5, 5.41) is 17.1. The van der Waals surface area contributed by atoms with E-state index in [1.54, 1.807) is 38.1 Å². The largest absolute Gasteiger partial charge is 0.548 e. The Morgan fingerprint density at radius 2 is 1.64 bits per heavy atom. The van der Waals surface area contributed by atoms with Crippen molar-refractivity contribution in [3.8, 4) is 0 Å². The number of aliphatic carboxylic acids is 1. The summed E-state index contributed by atoms with van der Waals surface area (Å²) in [7, 11) is 0. The third-order valence-corrected chi connectivity index (χ3v) is 4.93. The molecule has 2 amide bonds. The highest BCUT2D eigenvalue weighted by Crippen LogP contribution is 2.21. The number of quaternary nitrogens is 1. The van der Waals surface area contributed by atoms with Crippen molar-refractivity contribution in [2.75, 3.05) is 6.54 Å². The smallest absolute Gasteiger partial charge is 0.278 e. The number of hydrogen-bond acceptors (Lipinski definition) is 4. The lowest BCUT2D eigenvalue weighted by Crippen LogP contribution is -2.69. The Balaban J connectivity index is 2.89. The molecule has 1 rings (SSSR count). The first-order valence-corrected chi connectivity index (χ1v) is 9.77. The van der Waals surface area contributed by atoms with Gasteiger partial charge in [0.15, 0.2) is 6.04 Å². The fraction of sp³-hybridized carbons (Fsp3) is 0.550. The van der Waals surface area contributed by atoms with Gasteiger partial charge < -0.3 is 26.3 Å². The van der Waals surface area contributed by atoms with Crippen molar-refractivity contribution in [2.45, 2.75) is 52.1 Å². The number of halogens is 1. The van der Waals surface area contributed by atoms with Crippen LogP contribution in [0.4, 0.5) is 0 Å². The Morgan fingerprint density at radius 3 is 2.11 bits per heavy atom. The van der Waals surface area contributed by atoms with E-state index in [1.165, 1.54) is 0 Å². The van der Waals surface area contributed by atoms with Gasteiger partial charge in [-0.15, -0.1) is 0 Å². The summed E-state index contributed by atoms with van der Waals surface area (Å²) in [4.78, 5) is 35.9. The van der Waals surface area contributed by atoms with E-state index in [-0.39, 0.29) is 36.6 Å². The molecule has 0 spiro atoms. The van der Waals surface area contributed by atoms with Gasteiger partial charge in [0.05, 0.1) is 12.0 Å².